The standard InChI is InChI=1S/C27H30N8O2S/c1-4-38-20-10-5-16(11-28-20)12-29-24-27(36)35(15(2)17-6-7-17)25-19(33-24)13-30-23(34-25)21-22(18-8-9-18)31-14-32-26(21)37-3/h5,10-11,13-15,17-18H,4,6-9,12H2,1-3H3,(H,29,33)/t15-/m0/s1. The van der Waals surface area contributed by atoms with Crippen molar-refractivity contribution >= 4 is 28.7 Å². The highest BCUT2D eigenvalue weighted by Crippen LogP contribution is 2.45. The summed E-state index contributed by atoms with van der Waals surface area (Å²) in [6.07, 6.45) is 9.36. The summed E-state index contributed by atoms with van der Waals surface area (Å²) >= 11 is 1.70. The van der Waals surface area contributed by atoms with Gasteiger partial charge in [0.05, 0.1) is 24.0 Å². The van der Waals surface area contributed by atoms with Gasteiger partial charge in [-0.25, -0.2) is 29.9 Å². The van der Waals surface area contributed by atoms with Crippen molar-refractivity contribution in [3.05, 3.63) is 52.5 Å². The Hall–Kier alpha value is -3.60. The van der Waals surface area contributed by atoms with E-state index in [9.17, 15) is 4.79 Å². The van der Waals surface area contributed by atoms with Crippen molar-refractivity contribution in [2.45, 2.75) is 63.1 Å². The van der Waals surface area contributed by atoms with E-state index < -0.39 is 0 Å². The largest absolute Gasteiger partial charge is 0.480 e. The number of nitrogens with one attached hydrogen (secondary N) is 1. The third-order valence-corrected chi connectivity index (χ3v) is 7.94. The van der Waals surface area contributed by atoms with Gasteiger partial charge in [0.15, 0.2) is 17.3 Å². The molecule has 2 fully saturated rings. The monoisotopic (exact) mass is 530 g/mol. The van der Waals surface area contributed by atoms with Crippen LogP contribution in [0.3, 0.4) is 0 Å². The number of anilines is 1. The van der Waals surface area contributed by atoms with E-state index in [0.29, 0.717) is 46.8 Å². The van der Waals surface area contributed by atoms with Crippen molar-refractivity contribution in [2.24, 2.45) is 5.92 Å². The zero-order chi connectivity index (χ0) is 26.2. The smallest absolute Gasteiger partial charge is 0.295 e. The van der Waals surface area contributed by atoms with Crippen LogP contribution in [0.1, 0.15) is 62.7 Å². The van der Waals surface area contributed by atoms with Crippen molar-refractivity contribution < 1.29 is 4.74 Å². The Bertz CT molecular complexity index is 1530. The average Bonchev–Trinajstić information content (AvgIpc) is 3.85. The SMILES string of the molecule is CCSc1ccc(CNc2nc3cnc(-c4c(OC)ncnc4C4CC4)nc3n([C@@H](C)C3CC3)c2=O)cn1. The third-order valence-electron chi connectivity index (χ3n) is 7.12. The lowest BCUT2D eigenvalue weighted by molar-refractivity contribution is 0.397. The van der Waals surface area contributed by atoms with Gasteiger partial charge in [-0.05, 0) is 55.9 Å². The number of nitrogens with zero attached hydrogens (tertiary/aromatic N) is 7. The van der Waals surface area contributed by atoms with Gasteiger partial charge in [-0.3, -0.25) is 9.36 Å². The average molecular weight is 531 g/mol. The van der Waals surface area contributed by atoms with E-state index in [4.69, 9.17) is 9.72 Å². The summed E-state index contributed by atoms with van der Waals surface area (Å²) in [4.78, 5) is 41.3. The fraction of sp³-hybridized carbons (Fsp3) is 0.444. The first kappa shape index (κ1) is 24.7. The van der Waals surface area contributed by atoms with Crippen LogP contribution in [0.5, 0.6) is 5.88 Å². The summed E-state index contributed by atoms with van der Waals surface area (Å²) in [7, 11) is 1.58. The summed E-state index contributed by atoms with van der Waals surface area (Å²) in [5.41, 5.74) is 3.44. The van der Waals surface area contributed by atoms with E-state index >= 15 is 0 Å². The van der Waals surface area contributed by atoms with Crippen molar-refractivity contribution in [3.63, 3.8) is 0 Å². The minimum absolute atomic E-state index is 0.0138. The van der Waals surface area contributed by atoms with Gasteiger partial charge < -0.3 is 10.1 Å². The molecule has 0 spiro atoms. The van der Waals surface area contributed by atoms with Crippen LogP contribution in [0.25, 0.3) is 22.6 Å². The molecule has 0 bridgehead atoms. The highest BCUT2D eigenvalue weighted by atomic mass is 32.2. The van der Waals surface area contributed by atoms with Gasteiger partial charge in [-0.2, -0.15) is 0 Å². The van der Waals surface area contributed by atoms with E-state index in [1.54, 1.807) is 29.6 Å². The number of rotatable bonds is 10. The lowest BCUT2D eigenvalue weighted by atomic mass is 10.1. The number of hydrogen-bond acceptors (Lipinski definition) is 10. The lowest BCUT2D eigenvalue weighted by Gasteiger charge is -2.19. The van der Waals surface area contributed by atoms with Crippen LogP contribution < -0.4 is 15.6 Å². The first-order valence-corrected chi connectivity index (χ1v) is 14.1. The maximum absolute atomic E-state index is 13.8. The quantitative estimate of drug-likeness (QED) is 0.291. The second-order valence-corrected chi connectivity index (χ2v) is 11.1. The summed E-state index contributed by atoms with van der Waals surface area (Å²) in [6.45, 7) is 4.63. The van der Waals surface area contributed by atoms with Crippen molar-refractivity contribution in [1.82, 2.24) is 34.5 Å². The van der Waals surface area contributed by atoms with Crippen LogP contribution in [-0.4, -0.2) is 47.3 Å². The number of ether oxygens (including phenoxy) is 1. The molecule has 38 heavy (non-hydrogen) atoms. The molecule has 4 aromatic rings. The number of methoxy groups -OCH3 is 1. The molecule has 10 nitrogen and oxygen atoms in total. The molecule has 0 amide bonds. The van der Waals surface area contributed by atoms with E-state index in [-0.39, 0.29) is 17.4 Å². The van der Waals surface area contributed by atoms with Crippen LogP contribution in [0.15, 0.2) is 40.7 Å². The molecular formula is C27H30N8O2S. The first-order chi connectivity index (χ1) is 18.6. The zero-order valence-electron chi connectivity index (χ0n) is 21.7. The van der Waals surface area contributed by atoms with Crippen LogP contribution in [0, 0.1) is 5.92 Å². The molecule has 11 heteroatoms. The second kappa shape index (κ2) is 10.3. The number of pyridine rings is 1. The topological polar surface area (TPSA) is 121 Å². The Morgan fingerprint density at radius 3 is 2.63 bits per heavy atom. The van der Waals surface area contributed by atoms with Crippen molar-refractivity contribution in [3.8, 4) is 17.3 Å². The first-order valence-electron chi connectivity index (χ1n) is 13.1. The lowest BCUT2D eigenvalue weighted by Crippen LogP contribution is -2.29. The van der Waals surface area contributed by atoms with E-state index in [1.807, 2.05) is 18.3 Å². The Morgan fingerprint density at radius 1 is 1.11 bits per heavy atom. The molecule has 2 saturated carbocycles. The molecule has 0 saturated heterocycles. The normalized spacial score (nSPS) is 16.0. The van der Waals surface area contributed by atoms with Gasteiger partial charge in [-0.1, -0.05) is 13.0 Å². The van der Waals surface area contributed by atoms with Gasteiger partial charge in [0.25, 0.3) is 5.56 Å². The third kappa shape index (κ3) is 4.82. The molecule has 196 valence electrons. The Labute approximate surface area is 224 Å². The number of thioether (sulfide) groups is 1. The van der Waals surface area contributed by atoms with Gasteiger partial charge in [0.1, 0.15) is 17.4 Å². The van der Waals surface area contributed by atoms with Crippen LogP contribution in [0.2, 0.25) is 0 Å². The van der Waals surface area contributed by atoms with Gasteiger partial charge in [0, 0.05) is 24.7 Å². The fourth-order valence-corrected chi connectivity index (χ4v) is 5.34. The fourth-order valence-electron chi connectivity index (χ4n) is 4.75. The predicted molar refractivity (Wildman–Crippen MR) is 147 cm³/mol. The highest BCUT2D eigenvalue weighted by Gasteiger charge is 2.33. The van der Waals surface area contributed by atoms with Crippen molar-refractivity contribution in [2.75, 3.05) is 18.2 Å². The number of aromatic nitrogens is 7. The van der Waals surface area contributed by atoms with Crippen LogP contribution >= 0.6 is 11.8 Å². The molecule has 0 aliphatic heterocycles. The molecule has 0 aromatic carbocycles. The molecule has 4 aromatic heterocycles. The minimum Gasteiger partial charge on any atom is -0.480 e. The maximum atomic E-state index is 13.8. The molecule has 2 aliphatic carbocycles. The van der Waals surface area contributed by atoms with Gasteiger partial charge in [-0.15, -0.1) is 11.8 Å². The summed E-state index contributed by atoms with van der Waals surface area (Å²) < 4.78 is 7.34. The summed E-state index contributed by atoms with van der Waals surface area (Å²) in [5, 5.41) is 4.22. The van der Waals surface area contributed by atoms with Gasteiger partial charge >= 0.3 is 0 Å². The molecular weight excluding hydrogens is 500 g/mol. The molecule has 1 atom stereocenters. The van der Waals surface area contributed by atoms with Crippen LogP contribution in [0.4, 0.5) is 5.82 Å². The predicted octanol–water partition coefficient (Wildman–Crippen LogP) is 4.62. The Morgan fingerprint density at radius 2 is 1.95 bits per heavy atom. The number of hydrogen-bond donors (Lipinski definition) is 1. The maximum Gasteiger partial charge on any atom is 0.295 e. The molecule has 2 aliphatic rings. The minimum atomic E-state index is -0.189. The second-order valence-electron chi connectivity index (χ2n) is 9.82. The van der Waals surface area contributed by atoms with E-state index in [0.717, 1.165) is 47.7 Å². The van der Waals surface area contributed by atoms with Crippen molar-refractivity contribution in [1.29, 1.82) is 0 Å². The summed E-state index contributed by atoms with van der Waals surface area (Å²) in [6, 6.07) is 4.01. The Kier molecular flexibility index (Phi) is 6.69. The molecule has 0 unspecified atom stereocenters. The highest BCUT2D eigenvalue weighted by molar-refractivity contribution is 7.99. The summed E-state index contributed by atoms with van der Waals surface area (Å²) in [5.74, 6) is 2.93. The van der Waals surface area contributed by atoms with E-state index in [1.165, 1.54) is 6.33 Å². The van der Waals surface area contributed by atoms with E-state index in [2.05, 4.69) is 44.1 Å². The molecule has 6 rings (SSSR count). The van der Waals surface area contributed by atoms with Gasteiger partial charge in [0.2, 0.25) is 5.88 Å². The Balaban J connectivity index is 1.41. The molecule has 4 heterocycles. The zero-order valence-corrected chi connectivity index (χ0v) is 22.5. The number of fused-ring (bicyclic) bond motifs is 1. The van der Waals surface area contributed by atoms with Crippen LogP contribution in [-0.2, 0) is 6.54 Å². The molecule has 0 radical (unpaired) electrons. The molecule has 1 N–H and O–H groups in total.